The fraction of sp³-hybridized carbons (Fsp3) is 0.632. The molecule has 1 aromatic rings. The van der Waals surface area contributed by atoms with Crippen LogP contribution < -0.4 is 10.6 Å². The molecule has 0 unspecified atom stereocenters. The van der Waals surface area contributed by atoms with Crippen LogP contribution in [0.1, 0.15) is 37.7 Å². The second kappa shape index (κ2) is 8.45. The lowest BCUT2D eigenvalue weighted by molar-refractivity contribution is -0.128. The van der Waals surface area contributed by atoms with Crippen LogP contribution in [0.5, 0.6) is 0 Å². The quantitative estimate of drug-likeness (QED) is 0.807. The van der Waals surface area contributed by atoms with E-state index in [0.29, 0.717) is 0 Å². The predicted octanol–water partition coefficient (Wildman–Crippen LogP) is 2.67. The fourth-order valence-corrected chi connectivity index (χ4v) is 4.42. The molecule has 0 atom stereocenters. The van der Waals surface area contributed by atoms with Gasteiger partial charge in [0.15, 0.2) is 0 Å². The number of rotatable bonds is 5. The van der Waals surface area contributed by atoms with E-state index in [9.17, 15) is 4.79 Å². The first-order valence-corrected chi connectivity index (χ1v) is 9.97. The van der Waals surface area contributed by atoms with Gasteiger partial charge < -0.3 is 10.6 Å². The summed E-state index contributed by atoms with van der Waals surface area (Å²) in [4.78, 5) is 15.5. The number of carbonyl (C=O) groups excluding carboxylic acids is 1. The molecule has 0 aromatic heterocycles. The second-order valence-electron chi connectivity index (χ2n) is 7.00. The van der Waals surface area contributed by atoms with Crippen LogP contribution in [-0.4, -0.2) is 50.1 Å². The average Bonchev–Trinajstić information content (AvgIpc) is 2.63. The standard InChI is InChI=1S/C19H28BrN3O/c20-17-6-4-5-16(15-17)19(7-2-1-3-8-19)18(24)22-11-14-23-12-9-21-10-13-23/h4-6,15,21H,1-3,7-14H2,(H,22,24). The van der Waals surface area contributed by atoms with Crippen LogP contribution in [0.2, 0.25) is 0 Å². The van der Waals surface area contributed by atoms with Crippen molar-refractivity contribution in [3.63, 3.8) is 0 Å². The normalized spacial score (nSPS) is 21.4. The molecule has 4 nitrogen and oxygen atoms in total. The summed E-state index contributed by atoms with van der Waals surface area (Å²) >= 11 is 3.56. The third-order valence-electron chi connectivity index (χ3n) is 5.44. The SMILES string of the molecule is O=C(NCCN1CCNCC1)C1(c2cccc(Br)c2)CCCCC1. The predicted molar refractivity (Wildman–Crippen MR) is 101 cm³/mol. The lowest BCUT2D eigenvalue weighted by Crippen LogP contribution is -2.50. The van der Waals surface area contributed by atoms with Crippen LogP contribution in [0.3, 0.4) is 0 Å². The summed E-state index contributed by atoms with van der Waals surface area (Å²) in [6.07, 6.45) is 5.44. The van der Waals surface area contributed by atoms with Gasteiger partial charge in [0.25, 0.3) is 0 Å². The largest absolute Gasteiger partial charge is 0.354 e. The maximum Gasteiger partial charge on any atom is 0.230 e. The highest BCUT2D eigenvalue weighted by Gasteiger charge is 2.40. The van der Waals surface area contributed by atoms with Gasteiger partial charge in [-0.25, -0.2) is 0 Å². The number of benzene rings is 1. The summed E-state index contributed by atoms with van der Waals surface area (Å²) in [7, 11) is 0. The van der Waals surface area contributed by atoms with Gasteiger partial charge in [0.1, 0.15) is 0 Å². The number of nitrogens with zero attached hydrogens (tertiary/aromatic N) is 1. The van der Waals surface area contributed by atoms with Crippen molar-refractivity contribution in [3.8, 4) is 0 Å². The summed E-state index contributed by atoms with van der Waals surface area (Å²) < 4.78 is 1.05. The molecule has 2 fully saturated rings. The molecule has 1 aliphatic carbocycles. The van der Waals surface area contributed by atoms with Gasteiger partial charge in [-0.05, 0) is 30.5 Å². The molecule has 1 aromatic carbocycles. The van der Waals surface area contributed by atoms with Gasteiger partial charge in [-0.2, -0.15) is 0 Å². The Morgan fingerprint density at radius 1 is 1.21 bits per heavy atom. The van der Waals surface area contributed by atoms with E-state index in [4.69, 9.17) is 0 Å². The minimum atomic E-state index is -0.342. The van der Waals surface area contributed by atoms with Crippen LogP contribution in [0.25, 0.3) is 0 Å². The number of hydrogen-bond acceptors (Lipinski definition) is 3. The van der Waals surface area contributed by atoms with E-state index in [1.807, 2.05) is 12.1 Å². The van der Waals surface area contributed by atoms with Crippen molar-refractivity contribution in [1.29, 1.82) is 0 Å². The van der Waals surface area contributed by atoms with Crippen LogP contribution in [-0.2, 0) is 10.2 Å². The smallest absolute Gasteiger partial charge is 0.230 e. The fourth-order valence-electron chi connectivity index (χ4n) is 4.02. The summed E-state index contributed by atoms with van der Waals surface area (Å²) in [6, 6.07) is 8.32. The summed E-state index contributed by atoms with van der Waals surface area (Å²) in [6.45, 7) is 5.95. The number of halogens is 1. The maximum atomic E-state index is 13.1. The summed E-state index contributed by atoms with van der Waals surface area (Å²) in [5.74, 6) is 0.218. The van der Waals surface area contributed by atoms with Crippen LogP contribution in [0.4, 0.5) is 0 Å². The van der Waals surface area contributed by atoms with Crippen LogP contribution >= 0.6 is 15.9 Å². The van der Waals surface area contributed by atoms with Gasteiger partial charge in [-0.1, -0.05) is 47.3 Å². The van der Waals surface area contributed by atoms with Crippen LogP contribution in [0.15, 0.2) is 28.7 Å². The highest BCUT2D eigenvalue weighted by molar-refractivity contribution is 9.10. The second-order valence-corrected chi connectivity index (χ2v) is 7.92. The first-order chi connectivity index (χ1) is 11.7. The number of nitrogens with one attached hydrogen (secondary N) is 2. The first kappa shape index (κ1) is 17.9. The van der Waals surface area contributed by atoms with E-state index in [0.717, 1.165) is 75.0 Å². The molecule has 1 heterocycles. The monoisotopic (exact) mass is 393 g/mol. The summed E-state index contributed by atoms with van der Waals surface area (Å²) in [5, 5.41) is 6.61. The van der Waals surface area contributed by atoms with Gasteiger partial charge in [-0.15, -0.1) is 0 Å². The molecular weight excluding hydrogens is 366 g/mol. The minimum Gasteiger partial charge on any atom is -0.354 e. The molecule has 1 saturated heterocycles. The topological polar surface area (TPSA) is 44.4 Å². The molecule has 132 valence electrons. The third-order valence-corrected chi connectivity index (χ3v) is 5.94. The molecule has 2 N–H and O–H groups in total. The molecule has 24 heavy (non-hydrogen) atoms. The van der Waals surface area contributed by atoms with Crippen LogP contribution in [0, 0.1) is 0 Å². The van der Waals surface area contributed by atoms with E-state index >= 15 is 0 Å². The van der Waals surface area contributed by atoms with E-state index in [2.05, 4.69) is 43.6 Å². The lowest BCUT2D eigenvalue weighted by atomic mass is 9.68. The zero-order valence-corrected chi connectivity index (χ0v) is 15.9. The highest BCUT2D eigenvalue weighted by Crippen LogP contribution is 2.40. The van der Waals surface area contributed by atoms with Gasteiger partial charge in [0, 0.05) is 43.7 Å². The van der Waals surface area contributed by atoms with Crippen molar-refractivity contribution in [2.75, 3.05) is 39.3 Å². The van der Waals surface area contributed by atoms with Crippen molar-refractivity contribution in [3.05, 3.63) is 34.3 Å². The van der Waals surface area contributed by atoms with Crippen molar-refractivity contribution < 1.29 is 4.79 Å². The molecule has 2 aliphatic rings. The van der Waals surface area contributed by atoms with E-state index < -0.39 is 0 Å². The Morgan fingerprint density at radius 2 is 1.96 bits per heavy atom. The van der Waals surface area contributed by atoms with Crippen molar-refractivity contribution in [2.45, 2.75) is 37.5 Å². The third kappa shape index (κ3) is 4.19. The Hall–Kier alpha value is -0.910. The van der Waals surface area contributed by atoms with Crippen molar-refractivity contribution in [1.82, 2.24) is 15.5 Å². The highest BCUT2D eigenvalue weighted by atomic mass is 79.9. The number of carbonyl (C=O) groups is 1. The molecule has 0 bridgehead atoms. The van der Waals surface area contributed by atoms with Gasteiger partial charge in [-0.3, -0.25) is 9.69 Å². The van der Waals surface area contributed by atoms with Crippen molar-refractivity contribution in [2.24, 2.45) is 0 Å². The minimum absolute atomic E-state index is 0.218. The Labute approximate surface area is 153 Å². The molecule has 1 aliphatic heterocycles. The summed E-state index contributed by atoms with van der Waals surface area (Å²) in [5.41, 5.74) is 0.821. The molecule has 1 amide bonds. The zero-order valence-electron chi connectivity index (χ0n) is 14.3. The Bertz CT molecular complexity index is 551. The maximum absolute atomic E-state index is 13.1. The van der Waals surface area contributed by atoms with Gasteiger partial charge >= 0.3 is 0 Å². The van der Waals surface area contributed by atoms with E-state index in [-0.39, 0.29) is 11.3 Å². The number of piperazine rings is 1. The average molecular weight is 394 g/mol. The van der Waals surface area contributed by atoms with E-state index in [1.165, 1.54) is 6.42 Å². The molecule has 0 radical (unpaired) electrons. The van der Waals surface area contributed by atoms with Gasteiger partial charge in [0.2, 0.25) is 5.91 Å². The molecule has 5 heteroatoms. The Balaban J connectivity index is 1.65. The zero-order chi connectivity index (χ0) is 16.8. The molecule has 1 saturated carbocycles. The Morgan fingerprint density at radius 3 is 2.67 bits per heavy atom. The first-order valence-electron chi connectivity index (χ1n) is 9.18. The lowest BCUT2D eigenvalue weighted by Gasteiger charge is -2.37. The van der Waals surface area contributed by atoms with E-state index in [1.54, 1.807) is 0 Å². The molecule has 0 spiro atoms. The number of amides is 1. The Kier molecular flexibility index (Phi) is 6.31. The molecular formula is C19H28BrN3O. The molecule has 3 rings (SSSR count). The van der Waals surface area contributed by atoms with Crippen molar-refractivity contribution >= 4 is 21.8 Å². The van der Waals surface area contributed by atoms with Gasteiger partial charge in [0.05, 0.1) is 5.41 Å². The number of hydrogen-bond donors (Lipinski definition) is 2.